The predicted molar refractivity (Wildman–Crippen MR) is 110 cm³/mol. The number of carbonyl (C=O) groups is 1. The minimum absolute atomic E-state index is 0.0261. The van der Waals surface area contributed by atoms with Crippen molar-refractivity contribution < 1.29 is 13.6 Å². The zero-order valence-corrected chi connectivity index (χ0v) is 17.7. The van der Waals surface area contributed by atoms with Gasteiger partial charge in [-0.05, 0) is 25.1 Å². The number of nitrogens with one attached hydrogen (secondary N) is 1. The molecule has 7 nitrogen and oxygen atoms in total. The van der Waals surface area contributed by atoms with Crippen molar-refractivity contribution >= 4 is 29.1 Å². The van der Waals surface area contributed by atoms with Crippen molar-refractivity contribution in [3.63, 3.8) is 0 Å². The van der Waals surface area contributed by atoms with E-state index < -0.39 is 5.82 Å². The maximum atomic E-state index is 14.0. The van der Waals surface area contributed by atoms with E-state index in [4.69, 9.17) is 32.9 Å². The van der Waals surface area contributed by atoms with Crippen LogP contribution in [-0.4, -0.2) is 32.6 Å². The molecule has 0 spiro atoms. The molecule has 2 atom stereocenters. The molecule has 30 heavy (non-hydrogen) atoms. The van der Waals surface area contributed by atoms with Gasteiger partial charge in [-0.2, -0.15) is 10.4 Å². The Bertz CT molecular complexity index is 1080. The normalized spacial score (nSPS) is 12.9. The molecule has 0 aliphatic carbocycles. The predicted octanol–water partition coefficient (Wildman–Crippen LogP) is 4.36. The highest BCUT2D eigenvalue weighted by molar-refractivity contribution is 6.32. The van der Waals surface area contributed by atoms with Gasteiger partial charge in [0.05, 0.1) is 17.3 Å². The quantitative estimate of drug-likeness (QED) is 0.540. The first-order valence-electron chi connectivity index (χ1n) is 9.07. The number of halogens is 3. The first-order chi connectivity index (χ1) is 14.3. The number of aromatic nitrogens is 3. The van der Waals surface area contributed by atoms with Crippen molar-refractivity contribution in [2.75, 3.05) is 5.88 Å². The van der Waals surface area contributed by atoms with Gasteiger partial charge in [-0.3, -0.25) is 9.48 Å². The Hall–Kier alpha value is -2.89. The van der Waals surface area contributed by atoms with Crippen molar-refractivity contribution in [3.05, 3.63) is 58.6 Å². The molecule has 0 saturated heterocycles. The minimum atomic E-state index is -0.703. The molecule has 0 radical (unpaired) electrons. The summed E-state index contributed by atoms with van der Waals surface area (Å²) in [6, 6.07) is 5.86. The molecule has 1 unspecified atom stereocenters. The highest BCUT2D eigenvalue weighted by Crippen LogP contribution is 2.26. The SMILES string of the molecule is CC(CCl)c1nc(C(=O)N[C@@H](C)Cn2ccc(-c3cc(F)c(C#N)c(Cl)c3)n2)co1. The second kappa shape index (κ2) is 9.28. The lowest BCUT2D eigenvalue weighted by atomic mass is 10.1. The van der Waals surface area contributed by atoms with Gasteiger partial charge < -0.3 is 9.73 Å². The Morgan fingerprint density at radius 2 is 2.20 bits per heavy atom. The molecule has 1 amide bonds. The Morgan fingerprint density at radius 1 is 1.43 bits per heavy atom. The highest BCUT2D eigenvalue weighted by Gasteiger charge is 2.18. The summed E-state index contributed by atoms with van der Waals surface area (Å²) in [5, 5.41) is 16.2. The maximum absolute atomic E-state index is 14.0. The Morgan fingerprint density at radius 3 is 2.87 bits per heavy atom. The minimum Gasteiger partial charge on any atom is -0.448 e. The number of nitrogens with zero attached hydrogens (tertiary/aromatic N) is 4. The first-order valence-corrected chi connectivity index (χ1v) is 9.98. The Balaban J connectivity index is 1.65. The van der Waals surface area contributed by atoms with Gasteiger partial charge in [0.2, 0.25) is 0 Å². The van der Waals surface area contributed by atoms with E-state index in [1.165, 1.54) is 18.4 Å². The number of alkyl halides is 1. The maximum Gasteiger partial charge on any atom is 0.273 e. The second-order valence-corrected chi connectivity index (χ2v) is 7.57. The van der Waals surface area contributed by atoms with E-state index in [9.17, 15) is 9.18 Å². The van der Waals surface area contributed by atoms with Gasteiger partial charge in [0.25, 0.3) is 5.91 Å². The summed E-state index contributed by atoms with van der Waals surface area (Å²) in [5.74, 6) is -0.409. The van der Waals surface area contributed by atoms with Crippen LogP contribution in [0.2, 0.25) is 5.02 Å². The first kappa shape index (κ1) is 21.8. The third-order valence-electron chi connectivity index (χ3n) is 4.34. The van der Waals surface area contributed by atoms with Crippen molar-refractivity contribution in [2.45, 2.75) is 32.4 Å². The van der Waals surface area contributed by atoms with Crippen LogP contribution in [0.1, 0.15) is 41.7 Å². The summed E-state index contributed by atoms with van der Waals surface area (Å²) >= 11 is 11.7. The van der Waals surface area contributed by atoms with Gasteiger partial charge in [-0.15, -0.1) is 11.6 Å². The number of hydrogen-bond donors (Lipinski definition) is 1. The number of oxazole rings is 1. The van der Waals surface area contributed by atoms with Crippen LogP contribution < -0.4 is 5.32 Å². The molecule has 1 N–H and O–H groups in total. The molecule has 10 heteroatoms. The van der Waals surface area contributed by atoms with E-state index in [0.29, 0.717) is 29.6 Å². The van der Waals surface area contributed by atoms with Gasteiger partial charge in [-0.1, -0.05) is 18.5 Å². The fraction of sp³-hybridized carbons (Fsp3) is 0.300. The van der Waals surface area contributed by atoms with E-state index in [-0.39, 0.29) is 34.1 Å². The average molecular weight is 450 g/mol. The van der Waals surface area contributed by atoms with Crippen LogP contribution in [0.15, 0.2) is 35.1 Å². The highest BCUT2D eigenvalue weighted by atomic mass is 35.5. The number of carbonyl (C=O) groups excluding carboxylic acids is 1. The number of amides is 1. The van der Waals surface area contributed by atoms with Gasteiger partial charge in [-0.25, -0.2) is 9.37 Å². The van der Waals surface area contributed by atoms with Crippen LogP contribution in [-0.2, 0) is 6.54 Å². The molecule has 156 valence electrons. The molecule has 0 aliphatic rings. The van der Waals surface area contributed by atoms with Crippen molar-refractivity contribution in [1.29, 1.82) is 5.26 Å². The molecule has 1 aromatic carbocycles. The average Bonchev–Trinajstić information content (AvgIpc) is 3.37. The Kier molecular flexibility index (Phi) is 6.75. The van der Waals surface area contributed by atoms with Crippen molar-refractivity contribution in [1.82, 2.24) is 20.1 Å². The van der Waals surface area contributed by atoms with E-state index in [1.54, 1.807) is 23.0 Å². The molecular weight excluding hydrogens is 432 g/mol. The summed E-state index contributed by atoms with van der Waals surface area (Å²) in [6.07, 6.45) is 3.01. The molecule has 2 aromatic heterocycles. The van der Waals surface area contributed by atoms with Crippen LogP contribution in [0.4, 0.5) is 4.39 Å². The van der Waals surface area contributed by atoms with Gasteiger partial charge >= 0.3 is 0 Å². The summed E-state index contributed by atoms with van der Waals surface area (Å²) in [4.78, 5) is 16.5. The second-order valence-electron chi connectivity index (χ2n) is 6.85. The molecule has 0 aliphatic heterocycles. The summed E-state index contributed by atoms with van der Waals surface area (Å²) < 4.78 is 20.9. The molecule has 0 bridgehead atoms. The van der Waals surface area contributed by atoms with Crippen molar-refractivity contribution in [2.24, 2.45) is 0 Å². The van der Waals surface area contributed by atoms with Crippen LogP contribution in [0.5, 0.6) is 0 Å². The summed E-state index contributed by atoms with van der Waals surface area (Å²) in [6.45, 7) is 4.05. The number of hydrogen-bond acceptors (Lipinski definition) is 5. The van der Waals surface area contributed by atoms with Crippen LogP contribution >= 0.6 is 23.2 Å². The molecule has 2 heterocycles. The van der Waals surface area contributed by atoms with E-state index >= 15 is 0 Å². The number of rotatable bonds is 7. The molecule has 0 fully saturated rings. The summed E-state index contributed by atoms with van der Waals surface area (Å²) in [5.41, 5.74) is 0.927. The lowest BCUT2D eigenvalue weighted by Crippen LogP contribution is -2.36. The third kappa shape index (κ3) is 4.81. The van der Waals surface area contributed by atoms with Crippen LogP contribution in [0, 0.1) is 17.1 Å². The van der Waals surface area contributed by atoms with Gasteiger partial charge in [0.15, 0.2) is 11.6 Å². The molecule has 0 saturated carbocycles. The zero-order chi connectivity index (χ0) is 21.8. The Labute approximate surface area is 182 Å². The lowest BCUT2D eigenvalue weighted by Gasteiger charge is -2.13. The number of nitriles is 1. The van der Waals surface area contributed by atoms with Crippen molar-refractivity contribution in [3.8, 4) is 17.3 Å². The monoisotopic (exact) mass is 449 g/mol. The van der Waals surface area contributed by atoms with Gasteiger partial charge in [0, 0.05) is 29.6 Å². The van der Waals surface area contributed by atoms with Crippen LogP contribution in [0.25, 0.3) is 11.3 Å². The molecular formula is C20H18Cl2FN5O2. The van der Waals surface area contributed by atoms with Crippen LogP contribution in [0.3, 0.4) is 0 Å². The van der Waals surface area contributed by atoms with E-state index in [1.807, 2.05) is 13.8 Å². The molecule has 3 rings (SSSR count). The van der Waals surface area contributed by atoms with Gasteiger partial charge in [0.1, 0.15) is 23.7 Å². The summed E-state index contributed by atoms with van der Waals surface area (Å²) in [7, 11) is 0. The largest absolute Gasteiger partial charge is 0.448 e. The lowest BCUT2D eigenvalue weighted by molar-refractivity contribution is 0.0931. The third-order valence-corrected chi connectivity index (χ3v) is 5.10. The smallest absolute Gasteiger partial charge is 0.273 e. The fourth-order valence-electron chi connectivity index (χ4n) is 2.75. The topological polar surface area (TPSA) is 96.7 Å². The molecule has 3 aromatic rings. The van der Waals surface area contributed by atoms with E-state index in [0.717, 1.165) is 0 Å². The van der Waals surface area contributed by atoms with E-state index in [2.05, 4.69) is 15.4 Å². The fourth-order valence-corrected chi connectivity index (χ4v) is 3.14. The number of benzene rings is 1. The zero-order valence-electron chi connectivity index (χ0n) is 16.2. The standard InChI is InChI=1S/C20H18Cl2FN5O2/c1-11(7-21)20-26-18(10-30-20)19(29)25-12(2)9-28-4-3-17(27-28)13-5-15(22)14(8-24)16(23)6-13/h3-6,10-12H,7,9H2,1-2H3,(H,25,29)/t11?,12-/m0/s1.